The zero-order valence-electron chi connectivity index (χ0n) is 11.8. The summed E-state index contributed by atoms with van der Waals surface area (Å²) in [6.45, 7) is 1.68. The van der Waals surface area contributed by atoms with Crippen LogP contribution in [0.4, 0.5) is 18.9 Å². The summed E-state index contributed by atoms with van der Waals surface area (Å²) >= 11 is 0. The lowest BCUT2D eigenvalue weighted by atomic mass is 9.90. The third-order valence-corrected chi connectivity index (χ3v) is 4.13. The number of carbonyl (C=O) groups excluding carboxylic acids is 1. The molecule has 2 aliphatic rings. The Morgan fingerprint density at radius 3 is 2.68 bits per heavy atom. The number of alkyl halides is 3. The van der Waals surface area contributed by atoms with E-state index in [-0.39, 0.29) is 24.7 Å². The molecule has 0 radical (unpaired) electrons. The van der Waals surface area contributed by atoms with Crippen LogP contribution < -0.4 is 10.2 Å². The highest BCUT2D eigenvalue weighted by molar-refractivity contribution is 5.95. The number of pyridine rings is 1. The minimum atomic E-state index is -4.48. The topological polar surface area (TPSA) is 54.5 Å². The average molecular weight is 315 g/mol. The molecule has 1 aromatic rings. The highest BCUT2D eigenvalue weighted by Crippen LogP contribution is 2.34. The summed E-state index contributed by atoms with van der Waals surface area (Å²) in [5, 5.41) is 3.21. The number of nitrogens with zero attached hydrogens (tertiary/aromatic N) is 2. The summed E-state index contributed by atoms with van der Waals surface area (Å²) in [5.74, 6) is -0.342. The van der Waals surface area contributed by atoms with Crippen molar-refractivity contribution in [2.75, 3.05) is 31.1 Å². The third-order valence-electron chi connectivity index (χ3n) is 4.13. The van der Waals surface area contributed by atoms with Crippen LogP contribution in [0.5, 0.6) is 0 Å². The quantitative estimate of drug-likeness (QED) is 0.855. The Hall–Kier alpha value is -1.67. The molecule has 3 heterocycles. The Labute approximate surface area is 125 Å². The summed E-state index contributed by atoms with van der Waals surface area (Å²) in [4.78, 5) is 17.0. The van der Waals surface area contributed by atoms with Crippen molar-refractivity contribution in [3.8, 4) is 0 Å². The molecular formula is C14H16F3N3O2. The number of halogens is 3. The first kappa shape index (κ1) is 15.2. The molecule has 1 spiro atoms. The minimum absolute atomic E-state index is 0.115. The van der Waals surface area contributed by atoms with E-state index in [0.29, 0.717) is 0 Å². The van der Waals surface area contributed by atoms with Gasteiger partial charge in [0.2, 0.25) is 0 Å². The molecule has 0 aliphatic carbocycles. The number of aromatic nitrogens is 1. The Morgan fingerprint density at radius 1 is 1.27 bits per heavy atom. The number of rotatable bonds is 1. The molecule has 22 heavy (non-hydrogen) atoms. The second-order valence-corrected chi connectivity index (χ2v) is 5.63. The van der Waals surface area contributed by atoms with Gasteiger partial charge in [-0.1, -0.05) is 0 Å². The second-order valence-electron chi connectivity index (χ2n) is 5.63. The van der Waals surface area contributed by atoms with Gasteiger partial charge in [0.1, 0.15) is 6.61 Å². The fourth-order valence-electron chi connectivity index (χ4n) is 2.87. The van der Waals surface area contributed by atoms with Gasteiger partial charge in [0.05, 0.1) is 29.6 Å². The summed E-state index contributed by atoms with van der Waals surface area (Å²) in [6.07, 6.45) is -0.987. The number of hydrogen-bond donors (Lipinski definition) is 1. The average Bonchev–Trinajstić information content (AvgIpc) is 2.50. The summed E-state index contributed by atoms with van der Waals surface area (Å²) in [6, 6.07) is 0.963. The molecule has 120 valence electrons. The molecule has 5 nitrogen and oxygen atoms in total. The fraction of sp³-hybridized carbons (Fsp3) is 0.571. The molecule has 2 aliphatic heterocycles. The van der Waals surface area contributed by atoms with Crippen molar-refractivity contribution < 1.29 is 22.7 Å². The molecule has 0 atom stereocenters. The minimum Gasteiger partial charge on any atom is -0.363 e. The highest BCUT2D eigenvalue weighted by Gasteiger charge is 2.41. The van der Waals surface area contributed by atoms with E-state index in [2.05, 4.69) is 10.3 Å². The number of hydrogen-bond acceptors (Lipinski definition) is 4. The summed E-state index contributed by atoms with van der Waals surface area (Å²) in [5.41, 5.74) is -1.17. The monoisotopic (exact) mass is 315 g/mol. The maximum Gasteiger partial charge on any atom is 0.417 e. The molecule has 0 saturated carbocycles. The van der Waals surface area contributed by atoms with E-state index in [0.717, 1.165) is 38.2 Å². The van der Waals surface area contributed by atoms with Crippen LogP contribution >= 0.6 is 0 Å². The molecular weight excluding hydrogens is 299 g/mol. The van der Waals surface area contributed by atoms with Crippen LogP contribution in [-0.2, 0) is 15.7 Å². The molecule has 1 N–H and O–H groups in total. The van der Waals surface area contributed by atoms with Gasteiger partial charge in [0.15, 0.2) is 0 Å². The van der Waals surface area contributed by atoms with Gasteiger partial charge in [-0.25, -0.2) is 0 Å². The number of amides is 1. The van der Waals surface area contributed by atoms with E-state index >= 15 is 0 Å². The van der Waals surface area contributed by atoms with E-state index in [1.807, 2.05) is 0 Å². The lowest BCUT2D eigenvalue weighted by Gasteiger charge is -2.44. The first-order chi connectivity index (χ1) is 10.4. The smallest absolute Gasteiger partial charge is 0.363 e. The van der Waals surface area contributed by atoms with Crippen molar-refractivity contribution in [3.05, 3.63) is 24.0 Å². The van der Waals surface area contributed by atoms with Gasteiger partial charge in [-0.15, -0.1) is 0 Å². The molecule has 0 unspecified atom stereocenters. The van der Waals surface area contributed by atoms with Crippen LogP contribution in [0.15, 0.2) is 18.5 Å². The van der Waals surface area contributed by atoms with Crippen molar-refractivity contribution in [1.29, 1.82) is 0 Å². The van der Waals surface area contributed by atoms with Crippen molar-refractivity contribution in [2.45, 2.75) is 24.6 Å². The van der Waals surface area contributed by atoms with Crippen LogP contribution in [0.25, 0.3) is 0 Å². The van der Waals surface area contributed by atoms with Gasteiger partial charge in [-0.2, -0.15) is 13.2 Å². The lowest BCUT2D eigenvalue weighted by molar-refractivity contribution is -0.142. The van der Waals surface area contributed by atoms with E-state index in [1.165, 1.54) is 11.1 Å². The molecule has 2 fully saturated rings. The predicted octanol–water partition coefficient (Wildman–Crippen LogP) is 1.59. The molecule has 3 rings (SSSR count). The second kappa shape index (κ2) is 5.51. The number of anilines is 1. The van der Waals surface area contributed by atoms with Crippen LogP contribution in [0.1, 0.15) is 18.4 Å². The van der Waals surface area contributed by atoms with Crippen molar-refractivity contribution >= 4 is 11.6 Å². The number of nitrogens with one attached hydrogen (secondary N) is 1. The Morgan fingerprint density at radius 2 is 2.00 bits per heavy atom. The van der Waals surface area contributed by atoms with Gasteiger partial charge in [-0.05, 0) is 32.0 Å². The Balaban J connectivity index is 1.87. The van der Waals surface area contributed by atoms with Crippen LogP contribution in [-0.4, -0.2) is 42.7 Å². The van der Waals surface area contributed by atoms with Gasteiger partial charge >= 0.3 is 6.18 Å². The number of piperidine rings is 1. The van der Waals surface area contributed by atoms with Crippen molar-refractivity contribution in [3.63, 3.8) is 0 Å². The molecule has 8 heteroatoms. The molecule has 2 saturated heterocycles. The van der Waals surface area contributed by atoms with Gasteiger partial charge in [-0.3, -0.25) is 9.78 Å². The maximum absolute atomic E-state index is 12.8. The van der Waals surface area contributed by atoms with Crippen LogP contribution in [0, 0.1) is 0 Å². The van der Waals surface area contributed by atoms with E-state index in [4.69, 9.17) is 4.74 Å². The maximum atomic E-state index is 12.8. The van der Waals surface area contributed by atoms with E-state index in [9.17, 15) is 18.0 Å². The largest absolute Gasteiger partial charge is 0.417 e. The number of morpholine rings is 1. The lowest BCUT2D eigenvalue weighted by Crippen LogP contribution is -2.58. The van der Waals surface area contributed by atoms with Gasteiger partial charge < -0.3 is 15.0 Å². The number of carbonyl (C=O) groups is 1. The molecule has 1 amide bonds. The zero-order valence-corrected chi connectivity index (χ0v) is 11.8. The Bertz CT molecular complexity index is 571. The van der Waals surface area contributed by atoms with Gasteiger partial charge in [0, 0.05) is 6.20 Å². The summed E-state index contributed by atoms with van der Waals surface area (Å²) < 4.78 is 44.1. The van der Waals surface area contributed by atoms with Crippen molar-refractivity contribution in [1.82, 2.24) is 10.3 Å². The molecule has 0 bridgehead atoms. The highest BCUT2D eigenvalue weighted by atomic mass is 19.4. The van der Waals surface area contributed by atoms with Crippen LogP contribution in [0.2, 0.25) is 0 Å². The first-order valence-corrected chi connectivity index (χ1v) is 7.07. The molecule has 0 aromatic carbocycles. The third kappa shape index (κ3) is 2.93. The van der Waals surface area contributed by atoms with Crippen LogP contribution in [0.3, 0.4) is 0 Å². The molecule has 1 aromatic heterocycles. The fourth-order valence-corrected chi connectivity index (χ4v) is 2.87. The standard InChI is InChI=1S/C14H16F3N3O2/c15-14(16,17)10-5-11(7-19-6-10)20-9-13(22-8-12(20)21)1-3-18-4-2-13/h5-7,18H,1-4,8-9H2. The van der Waals surface area contributed by atoms with E-state index in [1.54, 1.807) is 0 Å². The van der Waals surface area contributed by atoms with Crippen molar-refractivity contribution in [2.24, 2.45) is 0 Å². The predicted molar refractivity (Wildman–Crippen MR) is 72.4 cm³/mol. The first-order valence-electron chi connectivity index (χ1n) is 7.07. The summed E-state index contributed by atoms with van der Waals surface area (Å²) in [7, 11) is 0. The number of ether oxygens (including phenoxy) is 1. The van der Waals surface area contributed by atoms with E-state index < -0.39 is 17.3 Å². The normalized spacial score (nSPS) is 22.1. The Kier molecular flexibility index (Phi) is 3.82. The van der Waals surface area contributed by atoms with Gasteiger partial charge in [0.25, 0.3) is 5.91 Å². The SMILES string of the molecule is O=C1COC2(CCNCC2)CN1c1cncc(C(F)(F)F)c1. The zero-order chi connectivity index (χ0) is 15.8.